The van der Waals surface area contributed by atoms with Crippen LogP contribution in [0.1, 0.15) is 32.8 Å². The SMILES string of the molecule is CC(C)(C)CN1C=CC2(CC1)CN(c1ccccc1NC(=O)Nc1csc(Cl)n1)c1c(O)ccc(-c3nc4cc(Cl)ccc4s3)c12. The normalized spacial score (nSPS) is 17.6. The minimum absolute atomic E-state index is 0.148. The van der Waals surface area contributed by atoms with Crippen LogP contribution < -0.4 is 15.5 Å². The van der Waals surface area contributed by atoms with Gasteiger partial charge in [-0.3, -0.25) is 5.32 Å². The van der Waals surface area contributed by atoms with Crippen LogP contribution in [0.2, 0.25) is 9.49 Å². The number of amides is 2. The van der Waals surface area contributed by atoms with Gasteiger partial charge in [-0.15, -0.1) is 22.7 Å². The number of aromatic nitrogens is 2. The van der Waals surface area contributed by atoms with Crippen molar-refractivity contribution in [2.75, 3.05) is 35.2 Å². The average Bonchev–Trinajstić information content (AvgIpc) is 3.70. The molecule has 0 saturated heterocycles. The van der Waals surface area contributed by atoms with Crippen molar-refractivity contribution in [3.8, 4) is 16.3 Å². The summed E-state index contributed by atoms with van der Waals surface area (Å²) in [5, 5.41) is 20.5. The Morgan fingerprint density at radius 2 is 1.91 bits per heavy atom. The Morgan fingerprint density at radius 1 is 1.09 bits per heavy atom. The summed E-state index contributed by atoms with van der Waals surface area (Å²) >= 11 is 15.1. The number of benzene rings is 3. The predicted molar refractivity (Wildman–Crippen MR) is 191 cm³/mol. The van der Waals surface area contributed by atoms with E-state index in [1.54, 1.807) is 22.8 Å². The fourth-order valence-corrected chi connectivity index (χ4v) is 8.26. The van der Waals surface area contributed by atoms with Crippen LogP contribution in [0.4, 0.5) is 27.7 Å². The number of nitrogens with zero attached hydrogens (tertiary/aromatic N) is 4. The lowest BCUT2D eigenvalue weighted by Crippen LogP contribution is -2.40. The van der Waals surface area contributed by atoms with Gasteiger partial charge < -0.3 is 20.2 Å². The second-order valence-corrected chi connectivity index (χ2v) is 15.8. The van der Waals surface area contributed by atoms with E-state index in [1.165, 1.54) is 11.3 Å². The van der Waals surface area contributed by atoms with E-state index >= 15 is 0 Å². The Bertz CT molecular complexity index is 2000. The van der Waals surface area contributed by atoms with Crippen LogP contribution in [-0.4, -0.2) is 45.6 Å². The monoisotopic (exact) mass is 690 g/mol. The number of thiazole rings is 2. The van der Waals surface area contributed by atoms with Crippen LogP contribution in [0, 0.1) is 5.41 Å². The molecule has 0 saturated carbocycles. The Kier molecular flexibility index (Phi) is 7.87. The van der Waals surface area contributed by atoms with Gasteiger partial charge in [0, 0.05) is 46.6 Å². The molecule has 236 valence electrons. The van der Waals surface area contributed by atoms with Crippen molar-refractivity contribution in [1.82, 2.24) is 14.9 Å². The van der Waals surface area contributed by atoms with Crippen molar-refractivity contribution in [3.05, 3.63) is 87.3 Å². The zero-order chi connectivity index (χ0) is 32.2. The number of nitrogens with one attached hydrogen (secondary N) is 2. The standard InChI is InChI=1S/C34H32Cl2N6O2S2/c1-33(2,3)18-41-14-12-34(13-15-41)19-42(24-7-5-4-6-22(24)38-32(44)40-27-17-45-31(36)39-27)29-25(43)10-9-21(28(29)34)30-37-23-16-20(35)8-11-26(23)46-30/h4-12,14,16-17,43H,13,15,18-19H2,1-3H3,(H2,38,40,44). The van der Waals surface area contributed by atoms with E-state index in [4.69, 9.17) is 28.2 Å². The first kappa shape index (κ1) is 30.8. The number of hydrogen-bond acceptors (Lipinski definition) is 8. The third-order valence-corrected chi connectivity index (χ3v) is 10.5. The highest BCUT2D eigenvalue weighted by Crippen LogP contribution is 2.57. The fourth-order valence-electron chi connectivity index (χ4n) is 6.42. The summed E-state index contributed by atoms with van der Waals surface area (Å²) in [6.45, 7) is 9.12. The van der Waals surface area contributed by atoms with Gasteiger partial charge in [-0.25, -0.2) is 14.8 Å². The number of para-hydroxylation sites is 2. The minimum Gasteiger partial charge on any atom is -0.506 e. The summed E-state index contributed by atoms with van der Waals surface area (Å²) in [6, 6.07) is 16.7. The number of carbonyl (C=O) groups excluding carboxylic acids is 1. The molecule has 0 fully saturated rings. The second kappa shape index (κ2) is 11.8. The van der Waals surface area contributed by atoms with Crippen molar-refractivity contribution in [2.45, 2.75) is 32.6 Å². The average molecular weight is 692 g/mol. The van der Waals surface area contributed by atoms with Gasteiger partial charge in [-0.1, -0.05) is 62.2 Å². The van der Waals surface area contributed by atoms with Crippen LogP contribution >= 0.6 is 45.9 Å². The van der Waals surface area contributed by atoms with Crippen LogP contribution in [-0.2, 0) is 5.41 Å². The largest absolute Gasteiger partial charge is 0.506 e. The van der Waals surface area contributed by atoms with Gasteiger partial charge in [-0.05, 0) is 60.5 Å². The van der Waals surface area contributed by atoms with Gasteiger partial charge in [0.15, 0.2) is 4.47 Å². The first-order chi connectivity index (χ1) is 22.0. The molecular formula is C34H32Cl2N6O2S2. The molecule has 2 aliphatic rings. The molecule has 2 amide bonds. The lowest BCUT2D eigenvalue weighted by atomic mass is 9.75. The van der Waals surface area contributed by atoms with Crippen molar-refractivity contribution in [3.63, 3.8) is 0 Å². The summed E-state index contributed by atoms with van der Waals surface area (Å²) in [5.41, 5.74) is 4.65. The fraction of sp³-hybridized carbons (Fsp3) is 0.265. The minimum atomic E-state index is -0.440. The number of phenols is 1. The molecule has 1 spiro atoms. The number of urea groups is 1. The van der Waals surface area contributed by atoms with E-state index in [0.717, 1.165) is 51.5 Å². The Labute approximate surface area is 285 Å². The number of aromatic hydroxyl groups is 1. The molecule has 3 N–H and O–H groups in total. The summed E-state index contributed by atoms with van der Waals surface area (Å²) in [6.07, 6.45) is 5.35. The number of rotatable bonds is 5. The smallest absolute Gasteiger partial charge is 0.324 e. The summed E-state index contributed by atoms with van der Waals surface area (Å²) < 4.78 is 1.39. The van der Waals surface area contributed by atoms with Gasteiger partial charge in [0.2, 0.25) is 0 Å². The quantitative estimate of drug-likeness (QED) is 0.170. The van der Waals surface area contributed by atoms with Gasteiger partial charge in [0.05, 0.1) is 27.3 Å². The van der Waals surface area contributed by atoms with Gasteiger partial charge in [0.1, 0.15) is 16.6 Å². The van der Waals surface area contributed by atoms with Crippen LogP contribution in [0.15, 0.2) is 72.3 Å². The molecule has 3 aromatic carbocycles. The van der Waals surface area contributed by atoms with Crippen molar-refractivity contribution in [2.24, 2.45) is 5.41 Å². The number of hydrogen-bond donors (Lipinski definition) is 3. The van der Waals surface area contributed by atoms with Crippen molar-refractivity contribution < 1.29 is 9.90 Å². The maximum absolute atomic E-state index is 13.1. The zero-order valence-electron chi connectivity index (χ0n) is 25.5. The van der Waals surface area contributed by atoms with Crippen LogP contribution in [0.5, 0.6) is 5.75 Å². The molecule has 2 aromatic heterocycles. The zero-order valence-corrected chi connectivity index (χ0v) is 28.6. The number of phenolic OH excluding ortho intramolecular Hbond substituents is 1. The Hall–Kier alpha value is -3.83. The van der Waals surface area contributed by atoms with E-state index in [-0.39, 0.29) is 11.2 Å². The molecule has 7 rings (SSSR count). The lowest BCUT2D eigenvalue weighted by molar-refractivity contribution is 0.224. The van der Waals surface area contributed by atoms with Crippen LogP contribution in [0.3, 0.4) is 0 Å². The van der Waals surface area contributed by atoms with E-state index in [1.807, 2.05) is 48.5 Å². The molecule has 46 heavy (non-hydrogen) atoms. The van der Waals surface area contributed by atoms with Gasteiger partial charge in [0.25, 0.3) is 0 Å². The third kappa shape index (κ3) is 5.90. The Balaban J connectivity index is 1.34. The van der Waals surface area contributed by atoms with Crippen molar-refractivity contribution >= 4 is 85.0 Å². The molecule has 1 atom stereocenters. The van der Waals surface area contributed by atoms with Gasteiger partial charge >= 0.3 is 6.03 Å². The predicted octanol–water partition coefficient (Wildman–Crippen LogP) is 9.73. The molecule has 1 unspecified atom stereocenters. The highest BCUT2D eigenvalue weighted by molar-refractivity contribution is 7.21. The summed E-state index contributed by atoms with van der Waals surface area (Å²) in [4.78, 5) is 26.7. The second-order valence-electron chi connectivity index (χ2n) is 12.9. The van der Waals surface area contributed by atoms with E-state index in [0.29, 0.717) is 33.2 Å². The molecular weight excluding hydrogens is 659 g/mol. The molecule has 12 heteroatoms. The molecule has 2 aliphatic heterocycles. The highest BCUT2D eigenvalue weighted by atomic mass is 35.5. The topological polar surface area (TPSA) is 93.6 Å². The van der Waals surface area contributed by atoms with Crippen LogP contribution in [0.25, 0.3) is 20.8 Å². The first-order valence-electron chi connectivity index (χ1n) is 14.9. The molecule has 5 aromatic rings. The Morgan fingerprint density at radius 3 is 2.65 bits per heavy atom. The number of carbonyl (C=O) groups is 1. The number of halogens is 2. The molecule has 0 aliphatic carbocycles. The summed E-state index contributed by atoms with van der Waals surface area (Å²) in [5.74, 6) is 0.545. The molecule has 8 nitrogen and oxygen atoms in total. The number of fused-ring (bicyclic) bond motifs is 3. The maximum atomic E-state index is 13.1. The van der Waals surface area contributed by atoms with E-state index in [9.17, 15) is 9.90 Å². The third-order valence-electron chi connectivity index (χ3n) is 8.23. The molecule has 0 radical (unpaired) electrons. The molecule has 4 heterocycles. The summed E-state index contributed by atoms with van der Waals surface area (Å²) in [7, 11) is 0. The maximum Gasteiger partial charge on any atom is 0.324 e. The van der Waals surface area contributed by atoms with Gasteiger partial charge in [-0.2, -0.15) is 0 Å². The first-order valence-corrected chi connectivity index (χ1v) is 17.4. The molecule has 0 bridgehead atoms. The highest BCUT2D eigenvalue weighted by Gasteiger charge is 2.47. The number of anilines is 4. The lowest BCUT2D eigenvalue weighted by Gasteiger charge is -2.38. The van der Waals surface area contributed by atoms with Crippen molar-refractivity contribution in [1.29, 1.82) is 0 Å². The van der Waals surface area contributed by atoms with E-state index in [2.05, 4.69) is 58.5 Å². The van der Waals surface area contributed by atoms with E-state index < -0.39 is 11.4 Å².